The van der Waals surface area contributed by atoms with Crippen LogP contribution in [0.1, 0.15) is 5.56 Å². The van der Waals surface area contributed by atoms with Crippen molar-refractivity contribution in [3.8, 4) is 11.3 Å². The van der Waals surface area contributed by atoms with E-state index in [0.717, 1.165) is 11.3 Å². The van der Waals surface area contributed by atoms with E-state index in [-0.39, 0.29) is 0 Å². The zero-order valence-electron chi connectivity index (χ0n) is 8.24. The molecule has 0 atom stereocenters. The number of nitrogens with one attached hydrogen (secondary N) is 1. The molecule has 0 saturated heterocycles. The molecule has 3 nitrogen and oxygen atoms in total. The van der Waals surface area contributed by atoms with Gasteiger partial charge in [0.2, 0.25) is 0 Å². The molecule has 0 saturated carbocycles. The van der Waals surface area contributed by atoms with Gasteiger partial charge in [-0.05, 0) is 6.92 Å². The third-order valence-corrected chi connectivity index (χ3v) is 2.06. The Labute approximate surface area is 82.8 Å². The van der Waals surface area contributed by atoms with Gasteiger partial charge in [0.25, 0.3) is 6.01 Å². The first-order valence-electron chi connectivity index (χ1n) is 4.50. The normalized spacial score (nSPS) is 10.1. The van der Waals surface area contributed by atoms with Crippen LogP contribution in [0.3, 0.4) is 0 Å². The molecule has 2 aromatic rings. The minimum atomic E-state index is 0.542. The number of nitrogens with zero attached hydrogens (tertiary/aromatic N) is 1. The molecular weight excluding hydrogens is 176 g/mol. The molecule has 0 aliphatic rings. The lowest BCUT2D eigenvalue weighted by atomic mass is 10.1. The van der Waals surface area contributed by atoms with Crippen molar-refractivity contribution in [3.63, 3.8) is 0 Å². The van der Waals surface area contributed by atoms with Crippen LogP contribution in [0.4, 0.5) is 6.01 Å². The lowest BCUT2D eigenvalue weighted by Gasteiger charge is -1.96. The van der Waals surface area contributed by atoms with Crippen molar-refractivity contribution in [3.05, 3.63) is 36.0 Å². The van der Waals surface area contributed by atoms with Crippen LogP contribution in [0.15, 0.2) is 34.9 Å². The molecule has 1 aromatic heterocycles. The maximum Gasteiger partial charge on any atom is 0.294 e. The van der Waals surface area contributed by atoms with E-state index in [0.29, 0.717) is 6.01 Å². The first kappa shape index (κ1) is 8.81. The third-order valence-electron chi connectivity index (χ3n) is 2.06. The smallest absolute Gasteiger partial charge is 0.294 e. The summed E-state index contributed by atoms with van der Waals surface area (Å²) >= 11 is 0. The summed E-state index contributed by atoms with van der Waals surface area (Å²) < 4.78 is 5.44. The Kier molecular flexibility index (Phi) is 2.23. The van der Waals surface area contributed by atoms with Crippen molar-refractivity contribution in [2.24, 2.45) is 0 Å². The Morgan fingerprint density at radius 3 is 2.50 bits per heavy atom. The molecule has 14 heavy (non-hydrogen) atoms. The van der Waals surface area contributed by atoms with E-state index in [2.05, 4.69) is 29.4 Å². The number of aromatic nitrogens is 1. The summed E-state index contributed by atoms with van der Waals surface area (Å²) in [4.78, 5) is 4.06. The van der Waals surface area contributed by atoms with Gasteiger partial charge in [0.05, 0.1) is 6.20 Å². The van der Waals surface area contributed by atoms with Gasteiger partial charge in [0, 0.05) is 12.6 Å². The van der Waals surface area contributed by atoms with Gasteiger partial charge in [-0.15, -0.1) is 0 Å². The summed E-state index contributed by atoms with van der Waals surface area (Å²) in [7, 11) is 1.78. The van der Waals surface area contributed by atoms with E-state index < -0.39 is 0 Å². The molecule has 2 rings (SSSR count). The summed E-state index contributed by atoms with van der Waals surface area (Å²) in [6, 6.07) is 8.69. The molecular formula is C11H12N2O. The molecule has 3 heteroatoms. The molecule has 1 aromatic carbocycles. The van der Waals surface area contributed by atoms with Crippen LogP contribution >= 0.6 is 0 Å². The van der Waals surface area contributed by atoms with Gasteiger partial charge < -0.3 is 9.73 Å². The molecule has 0 fully saturated rings. The number of aryl methyl sites for hydroxylation is 1. The zero-order chi connectivity index (χ0) is 9.97. The predicted octanol–water partition coefficient (Wildman–Crippen LogP) is 2.69. The van der Waals surface area contributed by atoms with Crippen molar-refractivity contribution >= 4 is 6.01 Å². The van der Waals surface area contributed by atoms with Crippen LogP contribution in [-0.2, 0) is 0 Å². The Bertz CT molecular complexity index is 417. The predicted molar refractivity (Wildman–Crippen MR) is 56.2 cm³/mol. The van der Waals surface area contributed by atoms with Gasteiger partial charge in [-0.3, -0.25) is 0 Å². The van der Waals surface area contributed by atoms with Crippen LogP contribution in [-0.4, -0.2) is 12.0 Å². The summed E-state index contributed by atoms with van der Waals surface area (Å²) in [6.45, 7) is 2.06. The van der Waals surface area contributed by atoms with E-state index in [4.69, 9.17) is 4.42 Å². The number of rotatable bonds is 2. The Balaban J connectivity index is 2.34. The lowest BCUT2D eigenvalue weighted by Crippen LogP contribution is -1.85. The molecule has 1 N–H and O–H groups in total. The van der Waals surface area contributed by atoms with E-state index in [1.165, 1.54) is 5.56 Å². The van der Waals surface area contributed by atoms with Crippen LogP contribution in [0.2, 0.25) is 0 Å². The average Bonchev–Trinajstić information content (AvgIpc) is 2.67. The molecule has 0 radical (unpaired) electrons. The van der Waals surface area contributed by atoms with Crippen molar-refractivity contribution in [1.29, 1.82) is 0 Å². The lowest BCUT2D eigenvalue weighted by molar-refractivity contribution is 0.589. The van der Waals surface area contributed by atoms with Gasteiger partial charge in [0.15, 0.2) is 5.76 Å². The Hall–Kier alpha value is -1.77. The standard InChI is InChI=1S/C11H12N2O/c1-8-3-5-9(6-4-8)10-7-13-11(12-2)14-10/h3-7H,1-2H3,(H,12,13). The zero-order valence-corrected chi connectivity index (χ0v) is 8.24. The highest BCUT2D eigenvalue weighted by atomic mass is 16.4. The maximum absolute atomic E-state index is 5.44. The van der Waals surface area contributed by atoms with Crippen molar-refractivity contribution in [2.75, 3.05) is 12.4 Å². The number of oxazole rings is 1. The SMILES string of the molecule is CNc1ncc(-c2ccc(C)cc2)o1. The van der Waals surface area contributed by atoms with Crippen LogP contribution in [0, 0.1) is 6.92 Å². The molecule has 0 bridgehead atoms. The second-order valence-corrected chi connectivity index (χ2v) is 3.15. The average molecular weight is 188 g/mol. The summed E-state index contributed by atoms with van der Waals surface area (Å²) in [5.41, 5.74) is 2.28. The fourth-order valence-electron chi connectivity index (χ4n) is 1.24. The third kappa shape index (κ3) is 1.62. The fraction of sp³-hybridized carbons (Fsp3) is 0.182. The maximum atomic E-state index is 5.44. The largest absolute Gasteiger partial charge is 0.424 e. The van der Waals surface area contributed by atoms with Gasteiger partial charge in [-0.2, -0.15) is 0 Å². The number of hydrogen-bond acceptors (Lipinski definition) is 3. The van der Waals surface area contributed by atoms with E-state index >= 15 is 0 Å². The van der Waals surface area contributed by atoms with E-state index in [1.54, 1.807) is 13.2 Å². The number of anilines is 1. The number of benzene rings is 1. The minimum Gasteiger partial charge on any atom is -0.424 e. The molecule has 0 aliphatic carbocycles. The van der Waals surface area contributed by atoms with Crippen molar-refractivity contribution < 1.29 is 4.42 Å². The van der Waals surface area contributed by atoms with Gasteiger partial charge in [-0.25, -0.2) is 4.98 Å². The molecule has 0 amide bonds. The molecule has 1 heterocycles. The topological polar surface area (TPSA) is 38.1 Å². The molecule has 0 aliphatic heterocycles. The second-order valence-electron chi connectivity index (χ2n) is 3.15. The summed E-state index contributed by atoms with van der Waals surface area (Å²) in [5.74, 6) is 0.786. The minimum absolute atomic E-state index is 0.542. The molecule has 0 spiro atoms. The molecule has 0 unspecified atom stereocenters. The Morgan fingerprint density at radius 1 is 1.21 bits per heavy atom. The second kappa shape index (κ2) is 3.54. The van der Waals surface area contributed by atoms with Gasteiger partial charge in [-0.1, -0.05) is 29.8 Å². The van der Waals surface area contributed by atoms with Crippen LogP contribution in [0.25, 0.3) is 11.3 Å². The number of hydrogen-bond donors (Lipinski definition) is 1. The van der Waals surface area contributed by atoms with E-state index in [1.807, 2.05) is 12.1 Å². The van der Waals surface area contributed by atoms with Crippen LogP contribution in [0.5, 0.6) is 0 Å². The fourth-order valence-corrected chi connectivity index (χ4v) is 1.24. The van der Waals surface area contributed by atoms with Crippen LogP contribution < -0.4 is 5.32 Å². The van der Waals surface area contributed by atoms with Gasteiger partial charge >= 0.3 is 0 Å². The highest BCUT2D eigenvalue weighted by Gasteiger charge is 2.03. The summed E-state index contributed by atoms with van der Waals surface area (Å²) in [6.07, 6.45) is 1.72. The highest BCUT2D eigenvalue weighted by molar-refractivity contribution is 5.57. The first-order chi connectivity index (χ1) is 6.79. The first-order valence-corrected chi connectivity index (χ1v) is 4.50. The van der Waals surface area contributed by atoms with Crippen molar-refractivity contribution in [2.45, 2.75) is 6.92 Å². The molecule has 72 valence electrons. The highest BCUT2D eigenvalue weighted by Crippen LogP contribution is 2.22. The summed E-state index contributed by atoms with van der Waals surface area (Å²) in [5, 5.41) is 2.85. The van der Waals surface area contributed by atoms with Gasteiger partial charge in [0.1, 0.15) is 0 Å². The van der Waals surface area contributed by atoms with E-state index in [9.17, 15) is 0 Å². The Morgan fingerprint density at radius 2 is 1.93 bits per heavy atom. The monoisotopic (exact) mass is 188 g/mol. The quantitative estimate of drug-likeness (QED) is 0.787. The van der Waals surface area contributed by atoms with Crippen molar-refractivity contribution in [1.82, 2.24) is 4.98 Å².